The van der Waals surface area contributed by atoms with Crippen LogP contribution in [0.5, 0.6) is 5.75 Å². The highest BCUT2D eigenvalue weighted by atomic mass is 32.1. The maximum absolute atomic E-state index is 13.0. The van der Waals surface area contributed by atoms with Crippen molar-refractivity contribution in [2.75, 3.05) is 19.0 Å². The highest BCUT2D eigenvalue weighted by Gasteiger charge is 2.21. The van der Waals surface area contributed by atoms with Gasteiger partial charge in [0.05, 0.1) is 7.11 Å². The molecular weight excluding hydrogens is 442 g/mol. The molecule has 0 unspecified atom stereocenters. The van der Waals surface area contributed by atoms with Crippen molar-refractivity contribution in [3.63, 3.8) is 0 Å². The highest BCUT2D eigenvalue weighted by Crippen LogP contribution is 2.23. The van der Waals surface area contributed by atoms with Gasteiger partial charge >= 0.3 is 5.97 Å². The van der Waals surface area contributed by atoms with Gasteiger partial charge in [0.1, 0.15) is 5.75 Å². The number of amides is 1. The zero-order valence-corrected chi connectivity index (χ0v) is 18.4. The summed E-state index contributed by atoms with van der Waals surface area (Å²) in [6.07, 6.45) is 1.62. The molecule has 0 atom stereocenters. The Morgan fingerprint density at radius 3 is 2.70 bits per heavy atom. The minimum absolute atomic E-state index is 0.0792. The Morgan fingerprint density at radius 2 is 1.94 bits per heavy atom. The zero-order valence-electron chi connectivity index (χ0n) is 17.5. The number of nitrogens with zero attached hydrogens (tertiary/aromatic N) is 4. The molecule has 0 aliphatic heterocycles. The number of rotatable bonds is 8. The minimum Gasteiger partial charge on any atom is -0.497 e. The fraction of sp³-hybridized carbons (Fsp3) is 0.0870. The number of aromatic nitrogens is 4. The number of methoxy groups -OCH3 is 1. The number of nitrogens with one attached hydrogen (secondary N) is 1. The summed E-state index contributed by atoms with van der Waals surface area (Å²) in [7, 11) is 1.53. The van der Waals surface area contributed by atoms with E-state index in [9.17, 15) is 9.59 Å². The summed E-state index contributed by atoms with van der Waals surface area (Å²) in [5.74, 6) is -0.268. The molecule has 0 bridgehead atoms. The summed E-state index contributed by atoms with van der Waals surface area (Å²) < 4.78 is 11.7. The predicted molar refractivity (Wildman–Crippen MR) is 124 cm³/mol. The largest absolute Gasteiger partial charge is 0.497 e. The van der Waals surface area contributed by atoms with Crippen molar-refractivity contribution in [1.29, 1.82) is 0 Å². The number of hydrogen-bond donors (Lipinski definition) is 1. The van der Waals surface area contributed by atoms with Gasteiger partial charge in [-0.1, -0.05) is 42.5 Å². The van der Waals surface area contributed by atoms with Gasteiger partial charge in [-0.15, -0.1) is 16.4 Å². The second-order valence-corrected chi connectivity index (χ2v) is 7.66. The van der Waals surface area contributed by atoms with E-state index in [1.165, 1.54) is 23.1 Å². The molecule has 33 heavy (non-hydrogen) atoms. The first kappa shape index (κ1) is 21.9. The van der Waals surface area contributed by atoms with Crippen LogP contribution in [0.25, 0.3) is 23.2 Å². The Bertz CT molecular complexity index is 1270. The van der Waals surface area contributed by atoms with E-state index in [-0.39, 0.29) is 5.70 Å². The van der Waals surface area contributed by atoms with Crippen molar-refractivity contribution in [2.45, 2.75) is 0 Å². The molecule has 2 heterocycles. The molecule has 0 saturated heterocycles. The van der Waals surface area contributed by atoms with E-state index < -0.39 is 18.5 Å². The van der Waals surface area contributed by atoms with E-state index in [0.29, 0.717) is 17.3 Å². The van der Waals surface area contributed by atoms with Crippen molar-refractivity contribution < 1.29 is 19.1 Å². The van der Waals surface area contributed by atoms with Gasteiger partial charge in [-0.05, 0) is 40.1 Å². The zero-order chi connectivity index (χ0) is 23.0. The monoisotopic (exact) mass is 461 g/mol. The van der Waals surface area contributed by atoms with Gasteiger partial charge in [-0.2, -0.15) is 4.68 Å². The Hall–Kier alpha value is -4.31. The van der Waals surface area contributed by atoms with E-state index in [2.05, 4.69) is 20.8 Å². The molecule has 2 aromatic carbocycles. The number of hydrogen-bond acceptors (Lipinski definition) is 8. The summed E-state index contributed by atoms with van der Waals surface area (Å²) in [5.41, 5.74) is 1.33. The molecule has 10 heteroatoms. The molecule has 0 spiro atoms. The molecule has 166 valence electrons. The van der Waals surface area contributed by atoms with Crippen LogP contribution in [0.4, 0.5) is 5.69 Å². The molecule has 4 rings (SSSR count). The Balaban J connectivity index is 1.53. The van der Waals surface area contributed by atoms with Gasteiger partial charge < -0.3 is 14.8 Å². The number of thiophene rings is 1. The predicted octanol–water partition coefficient (Wildman–Crippen LogP) is 3.59. The van der Waals surface area contributed by atoms with E-state index in [4.69, 9.17) is 9.47 Å². The quantitative estimate of drug-likeness (QED) is 0.316. The Labute approximate surface area is 193 Å². The molecule has 1 amide bonds. The fourth-order valence-corrected chi connectivity index (χ4v) is 3.59. The van der Waals surface area contributed by atoms with Crippen molar-refractivity contribution >= 4 is 40.7 Å². The van der Waals surface area contributed by atoms with Gasteiger partial charge in [0, 0.05) is 22.2 Å². The molecule has 0 aliphatic rings. The van der Waals surface area contributed by atoms with Gasteiger partial charge in [0.15, 0.2) is 18.1 Å². The number of carbonyl (C=O) groups excluding carboxylic acids is 2. The normalized spacial score (nSPS) is 11.1. The van der Waals surface area contributed by atoms with Crippen molar-refractivity contribution in [3.05, 3.63) is 77.0 Å². The number of anilines is 1. The first-order valence-electron chi connectivity index (χ1n) is 9.84. The maximum atomic E-state index is 13.0. The van der Waals surface area contributed by atoms with Gasteiger partial charge in [0.25, 0.3) is 5.91 Å². The standard InChI is InChI=1S/C23H19N5O4S/c1-31-18-10-5-9-17(13-18)24-21(29)15-32-23(30)20(14-19-11-6-12-33-19)28-22(25-26-27-28)16-7-3-2-4-8-16/h2-14H,15H2,1H3,(H,24,29)/b20-14-. The molecule has 4 aromatic rings. The van der Waals surface area contributed by atoms with Crippen LogP contribution in [0.1, 0.15) is 4.88 Å². The third-order valence-electron chi connectivity index (χ3n) is 4.45. The van der Waals surface area contributed by atoms with Crippen molar-refractivity contribution in [2.24, 2.45) is 0 Å². The number of esters is 1. The topological polar surface area (TPSA) is 108 Å². The van der Waals surface area contributed by atoms with Crippen LogP contribution in [-0.4, -0.2) is 45.8 Å². The summed E-state index contributed by atoms with van der Waals surface area (Å²) >= 11 is 1.44. The van der Waals surface area contributed by atoms with Crippen LogP contribution >= 0.6 is 11.3 Å². The van der Waals surface area contributed by atoms with Crippen LogP contribution in [-0.2, 0) is 14.3 Å². The first-order chi connectivity index (χ1) is 16.1. The average Bonchev–Trinajstić information content (AvgIpc) is 3.54. The van der Waals surface area contributed by atoms with Gasteiger partial charge in [-0.25, -0.2) is 4.79 Å². The van der Waals surface area contributed by atoms with E-state index in [1.807, 2.05) is 47.8 Å². The van der Waals surface area contributed by atoms with Crippen LogP contribution in [0.15, 0.2) is 72.1 Å². The summed E-state index contributed by atoms with van der Waals surface area (Å²) in [6.45, 7) is -0.485. The maximum Gasteiger partial charge on any atom is 0.357 e. The fourth-order valence-electron chi connectivity index (χ4n) is 2.93. The van der Waals surface area contributed by atoms with E-state index in [0.717, 1.165) is 10.4 Å². The molecule has 0 fully saturated rings. The molecule has 9 nitrogen and oxygen atoms in total. The highest BCUT2D eigenvalue weighted by molar-refractivity contribution is 7.10. The third-order valence-corrected chi connectivity index (χ3v) is 5.27. The van der Waals surface area contributed by atoms with Crippen molar-refractivity contribution in [1.82, 2.24) is 20.2 Å². The molecule has 0 saturated carbocycles. The Morgan fingerprint density at radius 1 is 1.09 bits per heavy atom. The summed E-state index contributed by atoms with van der Waals surface area (Å²) in [6, 6.07) is 19.8. The van der Waals surface area contributed by atoms with Crippen molar-refractivity contribution in [3.8, 4) is 17.1 Å². The number of ether oxygens (including phenoxy) is 2. The summed E-state index contributed by atoms with van der Waals surface area (Å²) in [5, 5.41) is 16.3. The lowest BCUT2D eigenvalue weighted by Crippen LogP contribution is -2.23. The van der Waals surface area contributed by atoms with Crippen LogP contribution in [0.3, 0.4) is 0 Å². The summed E-state index contributed by atoms with van der Waals surface area (Å²) in [4.78, 5) is 26.1. The second-order valence-electron chi connectivity index (χ2n) is 6.68. The SMILES string of the molecule is COc1cccc(NC(=O)COC(=O)/C(=C/c2cccs2)n2nnnc2-c2ccccc2)c1. The smallest absolute Gasteiger partial charge is 0.357 e. The molecule has 0 aliphatic carbocycles. The van der Waals surface area contributed by atoms with Crippen LogP contribution < -0.4 is 10.1 Å². The second kappa shape index (κ2) is 10.3. The lowest BCUT2D eigenvalue weighted by Gasteiger charge is -2.10. The third kappa shape index (κ3) is 5.49. The van der Waals surface area contributed by atoms with Gasteiger partial charge in [-0.3, -0.25) is 4.79 Å². The van der Waals surface area contributed by atoms with Gasteiger partial charge in [0.2, 0.25) is 0 Å². The molecule has 1 N–H and O–H groups in total. The van der Waals surface area contributed by atoms with E-state index in [1.54, 1.807) is 30.3 Å². The number of benzene rings is 2. The molecule has 0 radical (unpaired) electrons. The molecule has 2 aromatic heterocycles. The average molecular weight is 462 g/mol. The number of tetrazole rings is 1. The molecular formula is C23H19N5O4S. The van der Waals surface area contributed by atoms with Crippen LogP contribution in [0.2, 0.25) is 0 Å². The lowest BCUT2D eigenvalue weighted by atomic mass is 10.2. The van der Waals surface area contributed by atoms with Crippen LogP contribution in [0, 0.1) is 0 Å². The minimum atomic E-state index is -0.742. The first-order valence-corrected chi connectivity index (χ1v) is 10.7. The van der Waals surface area contributed by atoms with E-state index >= 15 is 0 Å². The lowest BCUT2D eigenvalue weighted by molar-refractivity contribution is -0.141. The number of carbonyl (C=O) groups is 2. The Kier molecular flexibility index (Phi) is 6.86.